The molecule has 1 saturated heterocycles. The van der Waals surface area contributed by atoms with Gasteiger partial charge in [-0.25, -0.2) is 4.98 Å². The predicted molar refractivity (Wildman–Crippen MR) is 88.1 cm³/mol. The van der Waals surface area contributed by atoms with E-state index in [9.17, 15) is 0 Å². The summed E-state index contributed by atoms with van der Waals surface area (Å²) in [4.78, 5) is 13.5. The number of nitrogens with zero attached hydrogens (tertiary/aromatic N) is 4. The lowest BCUT2D eigenvalue weighted by Gasteiger charge is -2.35. The van der Waals surface area contributed by atoms with Crippen molar-refractivity contribution in [2.24, 2.45) is 0 Å². The largest absolute Gasteiger partial charge is 0.397 e. The molecule has 6 heteroatoms. The summed E-state index contributed by atoms with van der Waals surface area (Å²) < 4.78 is 1.02. The SMILES string of the molecule is Nc1ccc(N2CCN(Cc3ccc(Br)cn3)CC2)nc1. The van der Waals surface area contributed by atoms with E-state index in [4.69, 9.17) is 5.73 Å². The Kier molecular flexibility index (Phi) is 4.36. The minimum atomic E-state index is 0.707. The molecule has 0 amide bonds. The number of pyridine rings is 2. The van der Waals surface area contributed by atoms with Crippen LogP contribution in [-0.4, -0.2) is 41.0 Å². The van der Waals surface area contributed by atoms with Crippen molar-refractivity contribution < 1.29 is 0 Å². The first-order valence-corrected chi connectivity index (χ1v) is 7.79. The minimum absolute atomic E-state index is 0.707. The lowest BCUT2D eigenvalue weighted by Crippen LogP contribution is -2.46. The summed E-state index contributed by atoms with van der Waals surface area (Å²) in [5.41, 5.74) is 7.49. The third-order valence-electron chi connectivity index (χ3n) is 3.64. The molecule has 1 aliphatic rings. The van der Waals surface area contributed by atoms with Crippen molar-refractivity contribution in [1.82, 2.24) is 14.9 Å². The van der Waals surface area contributed by atoms with Crippen LogP contribution in [0.25, 0.3) is 0 Å². The van der Waals surface area contributed by atoms with Crippen LogP contribution in [0.5, 0.6) is 0 Å². The van der Waals surface area contributed by atoms with E-state index < -0.39 is 0 Å². The van der Waals surface area contributed by atoms with Gasteiger partial charge in [-0.1, -0.05) is 0 Å². The topological polar surface area (TPSA) is 58.3 Å². The predicted octanol–water partition coefficient (Wildman–Crippen LogP) is 2.14. The second-order valence-corrected chi connectivity index (χ2v) is 6.10. The lowest BCUT2D eigenvalue weighted by molar-refractivity contribution is 0.246. The molecule has 1 fully saturated rings. The summed E-state index contributed by atoms with van der Waals surface area (Å²) >= 11 is 3.41. The smallest absolute Gasteiger partial charge is 0.128 e. The molecule has 0 aromatic carbocycles. The Bertz CT molecular complexity index is 576. The summed E-state index contributed by atoms with van der Waals surface area (Å²) in [7, 11) is 0. The molecule has 0 radical (unpaired) electrons. The van der Waals surface area contributed by atoms with Crippen LogP contribution in [-0.2, 0) is 6.54 Å². The van der Waals surface area contributed by atoms with Crippen LogP contribution in [0.3, 0.4) is 0 Å². The molecule has 0 aliphatic carbocycles. The van der Waals surface area contributed by atoms with Gasteiger partial charge in [0.2, 0.25) is 0 Å². The highest BCUT2D eigenvalue weighted by molar-refractivity contribution is 9.10. The number of hydrogen-bond donors (Lipinski definition) is 1. The van der Waals surface area contributed by atoms with Crippen LogP contribution in [0.15, 0.2) is 41.1 Å². The molecule has 2 aromatic rings. The number of nitrogen functional groups attached to an aromatic ring is 1. The van der Waals surface area contributed by atoms with Gasteiger partial charge in [0.05, 0.1) is 17.6 Å². The van der Waals surface area contributed by atoms with Gasteiger partial charge in [-0.15, -0.1) is 0 Å². The fourth-order valence-electron chi connectivity index (χ4n) is 2.45. The first-order chi connectivity index (χ1) is 10.2. The lowest BCUT2D eigenvalue weighted by atomic mass is 10.2. The van der Waals surface area contributed by atoms with Crippen LogP contribution >= 0.6 is 15.9 Å². The van der Waals surface area contributed by atoms with E-state index in [2.05, 4.69) is 41.8 Å². The molecule has 1 aliphatic heterocycles. The number of halogens is 1. The van der Waals surface area contributed by atoms with Crippen molar-refractivity contribution in [3.05, 3.63) is 46.8 Å². The first kappa shape index (κ1) is 14.3. The Morgan fingerprint density at radius 3 is 2.43 bits per heavy atom. The van der Waals surface area contributed by atoms with E-state index >= 15 is 0 Å². The molecule has 3 rings (SSSR count). The van der Waals surface area contributed by atoms with Crippen molar-refractivity contribution in [2.45, 2.75) is 6.54 Å². The van der Waals surface area contributed by atoms with Gasteiger partial charge in [-0.2, -0.15) is 0 Å². The van der Waals surface area contributed by atoms with Gasteiger partial charge in [0.25, 0.3) is 0 Å². The second kappa shape index (κ2) is 6.41. The van der Waals surface area contributed by atoms with E-state index in [0.717, 1.165) is 48.7 Å². The molecule has 2 aromatic heterocycles. The van der Waals surface area contributed by atoms with Crippen molar-refractivity contribution in [3.8, 4) is 0 Å². The normalized spacial score (nSPS) is 16.1. The third-order valence-corrected chi connectivity index (χ3v) is 4.11. The van der Waals surface area contributed by atoms with Crippen LogP contribution < -0.4 is 10.6 Å². The fourth-order valence-corrected chi connectivity index (χ4v) is 2.68. The van der Waals surface area contributed by atoms with Crippen LogP contribution in [0.2, 0.25) is 0 Å². The highest BCUT2D eigenvalue weighted by Crippen LogP contribution is 2.16. The number of anilines is 2. The maximum atomic E-state index is 5.68. The van der Waals surface area contributed by atoms with E-state index in [-0.39, 0.29) is 0 Å². The molecule has 0 atom stereocenters. The molecular weight excluding hydrogens is 330 g/mol. The monoisotopic (exact) mass is 347 g/mol. The minimum Gasteiger partial charge on any atom is -0.397 e. The van der Waals surface area contributed by atoms with Gasteiger partial charge < -0.3 is 10.6 Å². The van der Waals surface area contributed by atoms with Crippen molar-refractivity contribution in [3.63, 3.8) is 0 Å². The first-order valence-electron chi connectivity index (χ1n) is 7.00. The average Bonchev–Trinajstić information content (AvgIpc) is 2.51. The highest BCUT2D eigenvalue weighted by atomic mass is 79.9. The molecule has 2 N–H and O–H groups in total. The van der Waals surface area contributed by atoms with E-state index in [1.807, 2.05) is 24.4 Å². The maximum absolute atomic E-state index is 5.68. The molecular formula is C15H18BrN5. The molecule has 21 heavy (non-hydrogen) atoms. The van der Waals surface area contributed by atoms with Crippen LogP contribution in [0, 0.1) is 0 Å². The Morgan fingerprint density at radius 1 is 1.00 bits per heavy atom. The average molecular weight is 348 g/mol. The van der Waals surface area contributed by atoms with E-state index in [1.54, 1.807) is 6.20 Å². The molecule has 0 spiro atoms. The maximum Gasteiger partial charge on any atom is 0.128 e. The van der Waals surface area contributed by atoms with E-state index in [1.165, 1.54) is 0 Å². The van der Waals surface area contributed by atoms with Crippen molar-refractivity contribution in [1.29, 1.82) is 0 Å². The zero-order valence-electron chi connectivity index (χ0n) is 11.7. The molecule has 0 saturated carbocycles. The van der Waals surface area contributed by atoms with Crippen LogP contribution in [0.1, 0.15) is 5.69 Å². The highest BCUT2D eigenvalue weighted by Gasteiger charge is 2.18. The number of aromatic nitrogens is 2. The Hall–Kier alpha value is -1.66. The quantitative estimate of drug-likeness (QED) is 0.921. The Morgan fingerprint density at radius 2 is 1.81 bits per heavy atom. The summed E-state index contributed by atoms with van der Waals surface area (Å²) in [5, 5.41) is 0. The molecule has 3 heterocycles. The van der Waals surface area contributed by atoms with Crippen LogP contribution in [0.4, 0.5) is 11.5 Å². The second-order valence-electron chi connectivity index (χ2n) is 5.18. The standard InChI is InChI=1S/C15H18BrN5/c16-12-1-3-14(18-9-12)11-20-5-7-21(8-6-20)15-4-2-13(17)10-19-15/h1-4,9-10H,5-8,11,17H2. The van der Waals surface area contributed by atoms with Gasteiger partial charge in [0.15, 0.2) is 0 Å². The zero-order valence-corrected chi connectivity index (χ0v) is 13.3. The Labute approximate surface area is 132 Å². The molecule has 0 unspecified atom stereocenters. The van der Waals surface area contributed by atoms with Gasteiger partial charge in [0.1, 0.15) is 5.82 Å². The number of hydrogen-bond acceptors (Lipinski definition) is 5. The number of rotatable bonds is 3. The van der Waals surface area contributed by atoms with E-state index in [0.29, 0.717) is 5.69 Å². The van der Waals surface area contributed by atoms with Crippen molar-refractivity contribution >= 4 is 27.4 Å². The van der Waals surface area contributed by atoms with Gasteiger partial charge in [-0.3, -0.25) is 9.88 Å². The third kappa shape index (κ3) is 3.71. The zero-order chi connectivity index (χ0) is 14.7. The fraction of sp³-hybridized carbons (Fsp3) is 0.333. The van der Waals surface area contributed by atoms with Gasteiger partial charge in [-0.05, 0) is 40.2 Å². The summed E-state index contributed by atoms with van der Waals surface area (Å²) in [6, 6.07) is 8.00. The number of piperazine rings is 1. The summed E-state index contributed by atoms with van der Waals surface area (Å²) in [5.74, 6) is 1.01. The summed E-state index contributed by atoms with van der Waals surface area (Å²) in [6.07, 6.45) is 3.57. The summed E-state index contributed by atoms with van der Waals surface area (Å²) in [6.45, 7) is 4.89. The van der Waals surface area contributed by atoms with Gasteiger partial charge >= 0.3 is 0 Å². The number of nitrogens with two attached hydrogens (primary N) is 1. The van der Waals surface area contributed by atoms with Gasteiger partial charge in [0, 0.05) is 43.4 Å². The Balaban J connectivity index is 1.55. The molecule has 110 valence electrons. The molecule has 5 nitrogen and oxygen atoms in total. The molecule has 0 bridgehead atoms. The van der Waals surface area contributed by atoms with Crippen molar-refractivity contribution in [2.75, 3.05) is 36.8 Å².